The number of aromatic amines is 1. The van der Waals surface area contributed by atoms with Gasteiger partial charge in [0.25, 0.3) is 0 Å². The molecule has 0 amide bonds. The zero-order valence-corrected chi connectivity index (χ0v) is 14.9. The van der Waals surface area contributed by atoms with Gasteiger partial charge in [-0.05, 0) is 35.9 Å². The van der Waals surface area contributed by atoms with Crippen molar-refractivity contribution in [3.8, 4) is 5.75 Å². The monoisotopic (exact) mass is 387 g/mol. The molecule has 0 bridgehead atoms. The average Bonchev–Trinajstić information content (AvgIpc) is 3.13. The summed E-state index contributed by atoms with van der Waals surface area (Å²) in [7, 11) is 0. The lowest BCUT2D eigenvalue weighted by atomic mass is 10.1. The highest BCUT2D eigenvalue weighted by Gasteiger charge is 2.17. The molecular formula is C19H15F2N3O2S. The number of aromatic nitrogens is 3. The molecular weight excluding hydrogens is 372 g/mol. The summed E-state index contributed by atoms with van der Waals surface area (Å²) in [5, 5.41) is 7.52. The lowest BCUT2D eigenvalue weighted by Crippen LogP contribution is -2.13. The Balaban J connectivity index is 1.43. The van der Waals surface area contributed by atoms with Crippen LogP contribution in [0.2, 0.25) is 0 Å². The van der Waals surface area contributed by atoms with E-state index in [0.29, 0.717) is 34.7 Å². The Bertz CT molecular complexity index is 974. The van der Waals surface area contributed by atoms with Crippen LogP contribution in [0.25, 0.3) is 12.2 Å². The summed E-state index contributed by atoms with van der Waals surface area (Å²) in [5.74, 6) is 1.12. The Morgan fingerprint density at radius 2 is 1.96 bits per heavy atom. The van der Waals surface area contributed by atoms with Gasteiger partial charge in [0.2, 0.25) is 5.16 Å². The summed E-state index contributed by atoms with van der Waals surface area (Å²) in [5.41, 5.74) is 2.30. The number of hydrogen-bond donors (Lipinski definition) is 1. The molecule has 3 aromatic rings. The number of nitrogens with zero attached hydrogens (tertiary/aromatic N) is 2. The molecule has 2 heterocycles. The van der Waals surface area contributed by atoms with Crippen LogP contribution in [0.4, 0.5) is 8.78 Å². The van der Waals surface area contributed by atoms with Gasteiger partial charge in [-0.1, -0.05) is 30.0 Å². The molecule has 1 aromatic heterocycles. The Hall–Kier alpha value is -2.71. The first kappa shape index (κ1) is 17.7. The van der Waals surface area contributed by atoms with E-state index in [1.807, 2.05) is 6.08 Å². The van der Waals surface area contributed by atoms with Crippen molar-refractivity contribution < 1.29 is 18.3 Å². The largest absolute Gasteiger partial charge is 0.467 e. The van der Waals surface area contributed by atoms with Gasteiger partial charge in [-0.3, -0.25) is 5.10 Å². The van der Waals surface area contributed by atoms with E-state index in [2.05, 4.69) is 15.2 Å². The van der Waals surface area contributed by atoms with Crippen molar-refractivity contribution in [3.63, 3.8) is 0 Å². The molecule has 138 valence electrons. The van der Waals surface area contributed by atoms with Crippen molar-refractivity contribution in [2.45, 2.75) is 17.5 Å². The van der Waals surface area contributed by atoms with Gasteiger partial charge in [0.05, 0.1) is 6.61 Å². The fourth-order valence-corrected chi connectivity index (χ4v) is 3.42. The molecule has 0 fully saturated rings. The third-order valence-corrected chi connectivity index (χ3v) is 4.79. The molecule has 1 N–H and O–H groups in total. The van der Waals surface area contributed by atoms with Crippen LogP contribution in [0.1, 0.15) is 22.5 Å². The lowest BCUT2D eigenvalue weighted by molar-refractivity contribution is -0.0171. The third-order valence-electron chi connectivity index (χ3n) is 3.89. The highest BCUT2D eigenvalue weighted by Crippen LogP contribution is 2.33. The van der Waals surface area contributed by atoms with Gasteiger partial charge in [-0.2, -0.15) is 0 Å². The van der Waals surface area contributed by atoms with E-state index in [-0.39, 0.29) is 18.4 Å². The Kier molecular flexibility index (Phi) is 5.17. The second-order valence-corrected chi connectivity index (χ2v) is 6.78. The van der Waals surface area contributed by atoms with Crippen LogP contribution in [0.3, 0.4) is 0 Å². The summed E-state index contributed by atoms with van der Waals surface area (Å²) in [6.07, 6.45) is 3.57. The Morgan fingerprint density at radius 1 is 1.11 bits per heavy atom. The fraction of sp³-hybridized carbons (Fsp3) is 0.158. The molecule has 1 aliphatic rings. The molecule has 0 unspecified atom stereocenters. The quantitative estimate of drug-likeness (QED) is 0.657. The standard InChI is InChI=1S/C19H15F2N3O2S/c20-15-4-1-12(2-5-15)3-6-17-22-19(24-23-17)27-10-14-8-16(21)7-13-9-25-11-26-18(13)14/h1-8H,9-11H2,(H,22,23,24)/b6-3-. The number of ether oxygens (including phenoxy) is 2. The lowest BCUT2D eigenvalue weighted by Gasteiger charge is -2.20. The van der Waals surface area contributed by atoms with Gasteiger partial charge < -0.3 is 9.47 Å². The molecule has 0 saturated heterocycles. The minimum absolute atomic E-state index is 0.162. The van der Waals surface area contributed by atoms with Crippen LogP contribution in [-0.4, -0.2) is 22.0 Å². The van der Waals surface area contributed by atoms with Crippen molar-refractivity contribution in [2.75, 3.05) is 6.79 Å². The Morgan fingerprint density at radius 3 is 2.81 bits per heavy atom. The predicted octanol–water partition coefficient (Wildman–Crippen LogP) is 4.41. The number of fused-ring (bicyclic) bond motifs is 1. The van der Waals surface area contributed by atoms with Crippen molar-refractivity contribution in [2.24, 2.45) is 0 Å². The fourth-order valence-electron chi connectivity index (χ4n) is 2.65. The minimum atomic E-state index is -0.323. The van der Waals surface area contributed by atoms with Crippen LogP contribution in [0.5, 0.6) is 5.75 Å². The number of H-pyrrole nitrogens is 1. The molecule has 0 saturated carbocycles. The van der Waals surface area contributed by atoms with E-state index in [1.54, 1.807) is 18.2 Å². The summed E-state index contributed by atoms with van der Waals surface area (Å²) < 4.78 is 37.4. The molecule has 1 aliphatic heterocycles. The average molecular weight is 387 g/mol. The number of thioether (sulfide) groups is 1. The van der Waals surface area contributed by atoms with Crippen LogP contribution in [-0.2, 0) is 17.1 Å². The number of nitrogens with one attached hydrogen (secondary N) is 1. The number of halogens is 2. The second kappa shape index (κ2) is 7.89. The highest BCUT2D eigenvalue weighted by atomic mass is 32.2. The maximum absolute atomic E-state index is 13.8. The molecule has 2 aromatic carbocycles. The number of hydrogen-bond acceptors (Lipinski definition) is 5. The van der Waals surface area contributed by atoms with Crippen LogP contribution < -0.4 is 4.74 Å². The smallest absolute Gasteiger partial charge is 0.209 e. The van der Waals surface area contributed by atoms with Crippen molar-refractivity contribution in [3.05, 3.63) is 70.5 Å². The van der Waals surface area contributed by atoms with Gasteiger partial charge in [-0.15, -0.1) is 5.10 Å². The second-order valence-electron chi connectivity index (χ2n) is 5.84. The summed E-state index contributed by atoms with van der Waals surface area (Å²) in [4.78, 5) is 4.37. The van der Waals surface area contributed by atoms with E-state index >= 15 is 0 Å². The normalized spacial score (nSPS) is 13.6. The van der Waals surface area contributed by atoms with Gasteiger partial charge in [-0.25, -0.2) is 13.8 Å². The Labute approximate surface area is 158 Å². The van der Waals surface area contributed by atoms with Crippen LogP contribution in [0, 0.1) is 11.6 Å². The summed E-state index contributed by atoms with van der Waals surface area (Å²) >= 11 is 1.38. The van der Waals surface area contributed by atoms with Crippen molar-refractivity contribution in [1.29, 1.82) is 0 Å². The molecule has 0 aliphatic carbocycles. The first-order valence-corrected chi connectivity index (χ1v) is 9.16. The first-order chi connectivity index (χ1) is 13.2. The maximum atomic E-state index is 13.8. The molecule has 5 nitrogen and oxygen atoms in total. The van der Waals surface area contributed by atoms with Gasteiger partial charge in [0.15, 0.2) is 6.79 Å². The SMILES string of the molecule is Fc1ccc(/C=C\c2nc(SCc3cc(F)cc4c3OCOC4)n[nH]2)cc1. The van der Waals surface area contributed by atoms with Gasteiger partial charge >= 0.3 is 0 Å². The molecule has 0 radical (unpaired) electrons. The first-order valence-electron chi connectivity index (χ1n) is 8.18. The zero-order chi connectivity index (χ0) is 18.6. The molecule has 0 spiro atoms. The van der Waals surface area contributed by atoms with Crippen molar-refractivity contribution >= 4 is 23.9 Å². The van der Waals surface area contributed by atoms with E-state index in [4.69, 9.17) is 9.47 Å². The van der Waals surface area contributed by atoms with Crippen molar-refractivity contribution in [1.82, 2.24) is 15.2 Å². The van der Waals surface area contributed by atoms with E-state index in [9.17, 15) is 8.78 Å². The molecule has 27 heavy (non-hydrogen) atoms. The molecule has 0 atom stereocenters. The highest BCUT2D eigenvalue weighted by molar-refractivity contribution is 7.98. The topological polar surface area (TPSA) is 60.0 Å². The summed E-state index contributed by atoms with van der Waals surface area (Å²) in [6.45, 7) is 0.499. The predicted molar refractivity (Wildman–Crippen MR) is 98.0 cm³/mol. The van der Waals surface area contributed by atoms with E-state index < -0.39 is 0 Å². The van der Waals surface area contributed by atoms with Crippen LogP contribution >= 0.6 is 11.8 Å². The molecule has 4 rings (SSSR count). The number of benzene rings is 2. The van der Waals surface area contributed by atoms with Gasteiger partial charge in [0.1, 0.15) is 23.2 Å². The van der Waals surface area contributed by atoms with Crippen LogP contribution in [0.15, 0.2) is 41.6 Å². The van der Waals surface area contributed by atoms with Gasteiger partial charge in [0, 0.05) is 16.9 Å². The van der Waals surface area contributed by atoms with E-state index in [1.165, 1.54) is 36.0 Å². The number of rotatable bonds is 5. The van der Waals surface area contributed by atoms with E-state index in [0.717, 1.165) is 11.1 Å². The summed E-state index contributed by atoms with van der Waals surface area (Å²) in [6, 6.07) is 9.03. The third kappa shape index (κ3) is 4.35. The minimum Gasteiger partial charge on any atom is -0.467 e. The molecule has 8 heteroatoms. The maximum Gasteiger partial charge on any atom is 0.209 e. The zero-order valence-electron chi connectivity index (χ0n) is 14.1.